The van der Waals surface area contributed by atoms with Crippen molar-refractivity contribution < 1.29 is 18.7 Å². The first-order valence-corrected chi connectivity index (χ1v) is 9.03. The number of Topliss-reactive ketones (excluding diaryl/α,β-unsaturated/α-hetero) is 1. The Balaban J connectivity index is 1.60. The average molecular weight is 374 g/mol. The molecule has 0 atom stereocenters. The number of carbonyl (C=O) groups excluding carboxylic acids is 1. The smallest absolute Gasteiger partial charge is 0.232 e. The van der Waals surface area contributed by atoms with Crippen molar-refractivity contribution in [3.05, 3.63) is 100 Å². The molecule has 0 fully saturated rings. The van der Waals surface area contributed by atoms with Crippen LogP contribution in [-0.2, 0) is 6.61 Å². The fraction of sp³-hybridized carbons (Fsp3) is 0.125. The summed E-state index contributed by atoms with van der Waals surface area (Å²) < 4.78 is 25.3. The third-order valence-electron chi connectivity index (χ3n) is 4.77. The highest BCUT2D eigenvalue weighted by atomic mass is 19.1. The molecule has 0 spiro atoms. The van der Waals surface area contributed by atoms with Crippen molar-refractivity contribution in [3.63, 3.8) is 0 Å². The van der Waals surface area contributed by atoms with Gasteiger partial charge in [0.25, 0.3) is 0 Å². The van der Waals surface area contributed by atoms with Gasteiger partial charge in [0.1, 0.15) is 23.9 Å². The maximum absolute atomic E-state index is 13.8. The minimum absolute atomic E-state index is 0.102. The molecule has 140 valence electrons. The van der Waals surface area contributed by atoms with Crippen LogP contribution in [0.3, 0.4) is 0 Å². The van der Waals surface area contributed by atoms with Gasteiger partial charge in [0.05, 0.1) is 5.56 Å². The van der Waals surface area contributed by atoms with Gasteiger partial charge < -0.3 is 9.47 Å². The normalized spacial score (nSPS) is 14.1. The molecule has 3 aromatic carbocycles. The van der Waals surface area contributed by atoms with Crippen molar-refractivity contribution >= 4 is 11.9 Å². The van der Waals surface area contributed by atoms with Crippen LogP contribution in [0, 0.1) is 19.7 Å². The van der Waals surface area contributed by atoms with Gasteiger partial charge in [-0.1, -0.05) is 42.5 Å². The molecule has 3 nitrogen and oxygen atoms in total. The SMILES string of the molecule is Cc1ccccc1/C=C1\Oc2cc(OCc3ccccc3F)cc(C)c2C1=O. The molecular formula is C24H19FO3. The van der Waals surface area contributed by atoms with Gasteiger partial charge in [-0.05, 0) is 48.7 Å². The molecule has 0 amide bonds. The molecule has 0 radical (unpaired) electrons. The Bertz CT molecular complexity index is 1100. The number of rotatable bonds is 4. The maximum atomic E-state index is 13.8. The molecular weight excluding hydrogens is 355 g/mol. The predicted octanol–water partition coefficient (Wildman–Crippen LogP) is 5.64. The minimum Gasteiger partial charge on any atom is -0.489 e. The molecule has 0 aliphatic carbocycles. The third-order valence-corrected chi connectivity index (χ3v) is 4.77. The van der Waals surface area contributed by atoms with Gasteiger partial charge in [0.2, 0.25) is 5.78 Å². The summed E-state index contributed by atoms with van der Waals surface area (Å²) >= 11 is 0. The van der Waals surface area contributed by atoms with E-state index in [2.05, 4.69) is 0 Å². The number of allylic oxidation sites excluding steroid dienone is 1. The van der Waals surface area contributed by atoms with Gasteiger partial charge in [-0.15, -0.1) is 0 Å². The van der Waals surface area contributed by atoms with Crippen molar-refractivity contribution in [2.75, 3.05) is 0 Å². The number of fused-ring (bicyclic) bond motifs is 1. The number of hydrogen-bond acceptors (Lipinski definition) is 3. The van der Waals surface area contributed by atoms with E-state index >= 15 is 0 Å². The van der Waals surface area contributed by atoms with Crippen LogP contribution in [0.25, 0.3) is 6.08 Å². The van der Waals surface area contributed by atoms with Crippen LogP contribution in [0.4, 0.5) is 4.39 Å². The molecule has 1 heterocycles. The highest BCUT2D eigenvalue weighted by molar-refractivity contribution is 6.15. The molecule has 0 saturated carbocycles. The fourth-order valence-electron chi connectivity index (χ4n) is 3.23. The molecule has 4 rings (SSSR count). The molecule has 1 aliphatic heterocycles. The van der Waals surface area contributed by atoms with Crippen LogP contribution in [-0.4, -0.2) is 5.78 Å². The lowest BCUT2D eigenvalue weighted by Crippen LogP contribution is -2.01. The van der Waals surface area contributed by atoms with E-state index in [-0.39, 0.29) is 18.2 Å². The number of ether oxygens (including phenoxy) is 2. The molecule has 0 N–H and O–H groups in total. The standard InChI is InChI=1S/C24H19FO3/c1-15-7-3-4-8-17(15)12-22-24(26)23-16(2)11-19(13-21(23)28-22)27-14-18-9-5-6-10-20(18)25/h3-13H,14H2,1-2H3/b22-12-. The molecule has 0 unspecified atom stereocenters. The first kappa shape index (κ1) is 18.0. The molecule has 4 heteroatoms. The number of benzene rings is 3. The average Bonchev–Trinajstić information content (AvgIpc) is 2.99. The number of ketones is 1. The van der Waals surface area contributed by atoms with Crippen molar-refractivity contribution in [2.24, 2.45) is 0 Å². The number of aryl methyl sites for hydroxylation is 2. The minimum atomic E-state index is -0.310. The molecule has 3 aromatic rings. The van der Waals surface area contributed by atoms with Crippen LogP contribution in [0.15, 0.2) is 66.4 Å². The van der Waals surface area contributed by atoms with Gasteiger partial charge >= 0.3 is 0 Å². The fourth-order valence-corrected chi connectivity index (χ4v) is 3.23. The lowest BCUT2D eigenvalue weighted by molar-refractivity contribution is 0.101. The zero-order valence-electron chi connectivity index (χ0n) is 15.7. The summed E-state index contributed by atoms with van der Waals surface area (Å²) in [4.78, 5) is 12.8. The Morgan fingerprint density at radius 1 is 1.00 bits per heavy atom. The van der Waals surface area contributed by atoms with E-state index in [9.17, 15) is 9.18 Å². The Hall–Kier alpha value is -3.40. The van der Waals surface area contributed by atoms with E-state index in [1.165, 1.54) is 6.07 Å². The monoisotopic (exact) mass is 374 g/mol. The summed E-state index contributed by atoms with van der Waals surface area (Å²) in [6.07, 6.45) is 1.76. The van der Waals surface area contributed by atoms with Gasteiger partial charge in [0, 0.05) is 11.6 Å². The van der Waals surface area contributed by atoms with Crippen LogP contribution in [0.1, 0.15) is 32.6 Å². The summed E-state index contributed by atoms with van der Waals surface area (Å²) in [5, 5.41) is 0. The van der Waals surface area contributed by atoms with Gasteiger partial charge in [-0.2, -0.15) is 0 Å². The van der Waals surface area contributed by atoms with E-state index in [4.69, 9.17) is 9.47 Å². The summed E-state index contributed by atoms with van der Waals surface area (Å²) in [7, 11) is 0. The maximum Gasteiger partial charge on any atom is 0.232 e. The Labute approximate surface area is 163 Å². The second-order valence-corrected chi connectivity index (χ2v) is 6.79. The van der Waals surface area contributed by atoms with Crippen molar-refractivity contribution in [2.45, 2.75) is 20.5 Å². The van der Waals surface area contributed by atoms with Crippen molar-refractivity contribution in [1.29, 1.82) is 0 Å². The summed E-state index contributed by atoms with van der Waals surface area (Å²) in [6.45, 7) is 3.93. The molecule has 28 heavy (non-hydrogen) atoms. The van der Waals surface area contributed by atoms with E-state index in [1.807, 2.05) is 38.1 Å². The summed E-state index contributed by atoms with van der Waals surface area (Å²) in [5.41, 5.74) is 3.77. The Morgan fingerprint density at radius 2 is 1.75 bits per heavy atom. The molecule has 0 bridgehead atoms. The highest BCUT2D eigenvalue weighted by Crippen LogP contribution is 2.38. The quantitative estimate of drug-likeness (QED) is 0.555. The van der Waals surface area contributed by atoms with Gasteiger partial charge in [0.15, 0.2) is 5.76 Å². The van der Waals surface area contributed by atoms with Crippen molar-refractivity contribution in [3.8, 4) is 11.5 Å². The van der Waals surface area contributed by atoms with Crippen LogP contribution in [0.2, 0.25) is 0 Å². The second kappa shape index (κ2) is 7.31. The first-order chi connectivity index (χ1) is 13.5. The lowest BCUT2D eigenvalue weighted by Gasteiger charge is -2.09. The highest BCUT2D eigenvalue weighted by Gasteiger charge is 2.30. The number of hydrogen-bond donors (Lipinski definition) is 0. The third kappa shape index (κ3) is 3.41. The van der Waals surface area contributed by atoms with E-state index in [0.29, 0.717) is 28.4 Å². The first-order valence-electron chi connectivity index (χ1n) is 9.03. The van der Waals surface area contributed by atoms with Crippen molar-refractivity contribution in [1.82, 2.24) is 0 Å². The van der Waals surface area contributed by atoms with Crippen LogP contribution in [0.5, 0.6) is 11.5 Å². The van der Waals surface area contributed by atoms with E-state index in [0.717, 1.165) is 16.7 Å². The van der Waals surface area contributed by atoms with Gasteiger partial charge in [-0.25, -0.2) is 4.39 Å². The summed E-state index contributed by atoms with van der Waals surface area (Å²) in [6, 6.07) is 17.7. The van der Waals surface area contributed by atoms with Crippen LogP contribution < -0.4 is 9.47 Å². The zero-order valence-corrected chi connectivity index (χ0v) is 15.7. The molecule has 1 aliphatic rings. The lowest BCUT2D eigenvalue weighted by atomic mass is 10.0. The number of halogens is 1. The van der Waals surface area contributed by atoms with E-state index in [1.54, 1.807) is 36.4 Å². The van der Waals surface area contributed by atoms with E-state index < -0.39 is 0 Å². The Kier molecular flexibility index (Phi) is 4.70. The molecule has 0 saturated heterocycles. The summed E-state index contributed by atoms with van der Waals surface area (Å²) in [5.74, 6) is 0.836. The largest absolute Gasteiger partial charge is 0.489 e. The second-order valence-electron chi connectivity index (χ2n) is 6.79. The van der Waals surface area contributed by atoms with Crippen LogP contribution >= 0.6 is 0 Å². The Morgan fingerprint density at radius 3 is 2.54 bits per heavy atom. The zero-order chi connectivity index (χ0) is 19.7. The predicted molar refractivity (Wildman–Crippen MR) is 106 cm³/mol. The molecule has 0 aromatic heterocycles. The topological polar surface area (TPSA) is 35.5 Å². The van der Waals surface area contributed by atoms with Gasteiger partial charge in [-0.3, -0.25) is 4.79 Å². The number of carbonyl (C=O) groups is 1.